The molecule has 0 aromatic rings. The fourth-order valence-corrected chi connectivity index (χ4v) is 2.62. The molecular formula is C14H30N2. The summed E-state index contributed by atoms with van der Waals surface area (Å²) in [5.74, 6) is 0. The van der Waals surface area contributed by atoms with E-state index in [1.54, 1.807) is 0 Å². The van der Waals surface area contributed by atoms with Crippen LogP contribution < -0.4 is 5.32 Å². The maximum atomic E-state index is 3.47. The van der Waals surface area contributed by atoms with E-state index in [9.17, 15) is 0 Å². The Morgan fingerprint density at radius 3 is 2.50 bits per heavy atom. The Balaban J connectivity index is 1.94. The molecule has 0 spiro atoms. The summed E-state index contributed by atoms with van der Waals surface area (Å²) >= 11 is 0. The lowest BCUT2D eigenvalue weighted by Crippen LogP contribution is -2.34. The molecule has 0 radical (unpaired) electrons. The van der Waals surface area contributed by atoms with Gasteiger partial charge in [-0.2, -0.15) is 0 Å². The van der Waals surface area contributed by atoms with Gasteiger partial charge in [0.15, 0.2) is 0 Å². The van der Waals surface area contributed by atoms with E-state index >= 15 is 0 Å². The molecule has 0 aromatic carbocycles. The summed E-state index contributed by atoms with van der Waals surface area (Å²) in [7, 11) is 2.31. The summed E-state index contributed by atoms with van der Waals surface area (Å²) in [6.07, 6.45) is 11.2. The van der Waals surface area contributed by atoms with Gasteiger partial charge in [0, 0.05) is 6.04 Å². The van der Waals surface area contributed by atoms with Crippen molar-refractivity contribution in [2.24, 2.45) is 0 Å². The number of hydrogen-bond donors (Lipinski definition) is 1. The monoisotopic (exact) mass is 226 g/mol. The summed E-state index contributed by atoms with van der Waals surface area (Å²) < 4.78 is 0. The van der Waals surface area contributed by atoms with Crippen LogP contribution in [0.2, 0.25) is 0 Å². The van der Waals surface area contributed by atoms with E-state index in [1.807, 2.05) is 0 Å². The van der Waals surface area contributed by atoms with Crippen LogP contribution in [0, 0.1) is 0 Å². The van der Waals surface area contributed by atoms with Crippen LogP contribution in [0.1, 0.15) is 58.3 Å². The van der Waals surface area contributed by atoms with E-state index in [1.165, 1.54) is 71.0 Å². The molecule has 0 aliphatic heterocycles. The fraction of sp³-hybridized carbons (Fsp3) is 1.00. The smallest absolute Gasteiger partial charge is 0.00922 e. The molecule has 0 heterocycles. The average Bonchev–Trinajstić information content (AvgIpc) is 2.34. The largest absolute Gasteiger partial charge is 0.317 e. The molecule has 2 nitrogen and oxygen atoms in total. The van der Waals surface area contributed by atoms with E-state index in [2.05, 4.69) is 24.2 Å². The first-order chi connectivity index (χ1) is 7.84. The van der Waals surface area contributed by atoms with Gasteiger partial charge in [-0.05, 0) is 58.8 Å². The maximum absolute atomic E-state index is 3.47. The standard InChI is InChI=1S/C14H30N2/c1-3-11-15-12-7-8-13-16(2)14-9-5-4-6-10-14/h14-15H,3-13H2,1-2H3. The Bertz CT molecular complexity index is 153. The molecule has 1 rings (SSSR count). The minimum absolute atomic E-state index is 0.886. The van der Waals surface area contributed by atoms with E-state index < -0.39 is 0 Å². The summed E-state index contributed by atoms with van der Waals surface area (Å²) in [5.41, 5.74) is 0. The first kappa shape index (κ1) is 14.0. The van der Waals surface area contributed by atoms with Gasteiger partial charge in [-0.3, -0.25) is 0 Å². The molecule has 16 heavy (non-hydrogen) atoms. The lowest BCUT2D eigenvalue weighted by Gasteiger charge is -2.31. The highest BCUT2D eigenvalue weighted by Gasteiger charge is 2.16. The quantitative estimate of drug-likeness (QED) is 0.640. The van der Waals surface area contributed by atoms with Gasteiger partial charge in [-0.15, -0.1) is 0 Å². The van der Waals surface area contributed by atoms with Crippen LogP contribution >= 0.6 is 0 Å². The third kappa shape index (κ3) is 5.86. The normalized spacial score (nSPS) is 18.2. The summed E-state index contributed by atoms with van der Waals surface area (Å²) in [6.45, 7) is 5.90. The molecule has 0 bridgehead atoms. The molecule has 1 N–H and O–H groups in total. The predicted molar refractivity (Wildman–Crippen MR) is 71.9 cm³/mol. The van der Waals surface area contributed by atoms with Crippen molar-refractivity contribution in [1.29, 1.82) is 0 Å². The molecular weight excluding hydrogens is 196 g/mol. The van der Waals surface area contributed by atoms with E-state index in [4.69, 9.17) is 0 Å². The number of nitrogens with zero attached hydrogens (tertiary/aromatic N) is 1. The second-order valence-corrected chi connectivity index (χ2v) is 5.23. The molecule has 1 aliphatic rings. The first-order valence-corrected chi connectivity index (χ1v) is 7.25. The van der Waals surface area contributed by atoms with Crippen molar-refractivity contribution in [3.63, 3.8) is 0 Å². The molecule has 0 atom stereocenters. The molecule has 1 aliphatic carbocycles. The fourth-order valence-electron chi connectivity index (χ4n) is 2.62. The maximum Gasteiger partial charge on any atom is 0.00922 e. The zero-order valence-corrected chi connectivity index (χ0v) is 11.3. The van der Waals surface area contributed by atoms with Gasteiger partial charge in [0.05, 0.1) is 0 Å². The van der Waals surface area contributed by atoms with Gasteiger partial charge in [0.2, 0.25) is 0 Å². The molecule has 2 heteroatoms. The second kappa shape index (κ2) is 9.00. The molecule has 0 amide bonds. The summed E-state index contributed by atoms with van der Waals surface area (Å²) in [6, 6.07) is 0.886. The Kier molecular flexibility index (Phi) is 7.87. The Labute approximate surface area is 102 Å². The minimum atomic E-state index is 0.886. The lowest BCUT2D eigenvalue weighted by molar-refractivity contribution is 0.189. The van der Waals surface area contributed by atoms with Crippen molar-refractivity contribution in [3.05, 3.63) is 0 Å². The van der Waals surface area contributed by atoms with Crippen LogP contribution in [-0.2, 0) is 0 Å². The van der Waals surface area contributed by atoms with Gasteiger partial charge in [0.25, 0.3) is 0 Å². The topological polar surface area (TPSA) is 15.3 Å². The van der Waals surface area contributed by atoms with Crippen LogP contribution in [0.15, 0.2) is 0 Å². The van der Waals surface area contributed by atoms with Gasteiger partial charge in [-0.1, -0.05) is 26.2 Å². The first-order valence-electron chi connectivity index (χ1n) is 7.25. The predicted octanol–water partition coefficient (Wildman–Crippen LogP) is 3.03. The molecule has 1 saturated carbocycles. The van der Waals surface area contributed by atoms with Crippen molar-refractivity contribution in [2.45, 2.75) is 64.3 Å². The van der Waals surface area contributed by atoms with Crippen LogP contribution in [-0.4, -0.2) is 37.6 Å². The number of rotatable bonds is 8. The average molecular weight is 226 g/mol. The van der Waals surface area contributed by atoms with E-state index in [0.717, 1.165) is 6.04 Å². The van der Waals surface area contributed by atoms with Crippen molar-refractivity contribution >= 4 is 0 Å². The molecule has 1 fully saturated rings. The molecule has 0 saturated heterocycles. The highest BCUT2D eigenvalue weighted by molar-refractivity contribution is 4.73. The van der Waals surface area contributed by atoms with Crippen LogP contribution in [0.3, 0.4) is 0 Å². The van der Waals surface area contributed by atoms with Crippen LogP contribution in [0.5, 0.6) is 0 Å². The van der Waals surface area contributed by atoms with Gasteiger partial charge >= 0.3 is 0 Å². The Morgan fingerprint density at radius 1 is 1.06 bits per heavy atom. The van der Waals surface area contributed by atoms with E-state index in [0.29, 0.717) is 0 Å². The Hall–Kier alpha value is -0.0800. The summed E-state index contributed by atoms with van der Waals surface area (Å²) in [5, 5.41) is 3.47. The van der Waals surface area contributed by atoms with Gasteiger partial charge < -0.3 is 10.2 Å². The van der Waals surface area contributed by atoms with Crippen molar-refractivity contribution in [3.8, 4) is 0 Å². The zero-order chi connectivity index (χ0) is 11.6. The zero-order valence-electron chi connectivity index (χ0n) is 11.3. The van der Waals surface area contributed by atoms with Crippen LogP contribution in [0.25, 0.3) is 0 Å². The highest BCUT2D eigenvalue weighted by atomic mass is 15.1. The SMILES string of the molecule is CCCNCCCCN(C)C1CCCCC1. The molecule has 0 aromatic heterocycles. The van der Waals surface area contributed by atoms with Crippen LogP contribution in [0.4, 0.5) is 0 Å². The molecule has 96 valence electrons. The summed E-state index contributed by atoms with van der Waals surface area (Å²) in [4.78, 5) is 2.60. The van der Waals surface area contributed by atoms with Crippen molar-refractivity contribution in [2.75, 3.05) is 26.7 Å². The number of nitrogens with one attached hydrogen (secondary N) is 1. The third-order valence-electron chi connectivity index (χ3n) is 3.74. The second-order valence-electron chi connectivity index (χ2n) is 5.23. The van der Waals surface area contributed by atoms with Crippen molar-refractivity contribution < 1.29 is 0 Å². The van der Waals surface area contributed by atoms with Crippen molar-refractivity contribution in [1.82, 2.24) is 10.2 Å². The molecule has 0 unspecified atom stereocenters. The lowest BCUT2D eigenvalue weighted by atomic mass is 9.94. The van der Waals surface area contributed by atoms with E-state index in [-0.39, 0.29) is 0 Å². The number of hydrogen-bond acceptors (Lipinski definition) is 2. The van der Waals surface area contributed by atoms with Gasteiger partial charge in [0.1, 0.15) is 0 Å². The van der Waals surface area contributed by atoms with Gasteiger partial charge in [-0.25, -0.2) is 0 Å². The minimum Gasteiger partial charge on any atom is -0.317 e. The Morgan fingerprint density at radius 2 is 1.81 bits per heavy atom. The number of unbranched alkanes of at least 4 members (excludes halogenated alkanes) is 1. The highest BCUT2D eigenvalue weighted by Crippen LogP contribution is 2.21. The third-order valence-corrected chi connectivity index (χ3v) is 3.74.